The van der Waals surface area contributed by atoms with E-state index in [2.05, 4.69) is 15.1 Å². The summed E-state index contributed by atoms with van der Waals surface area (Å²) in [5.41, 5.74) is 0.798. The minimum Gasteiger partial charge on any atom is -0.439 e. The van der Waals surface area contributed by atoms with Crippen molar-refractivity contribution in [1.82, 2.24) is 19.7 Å². The van der Waals surface area contributed by atoms with Gasteiger partial charge in [0, 0.05) is 31.4 Å². The number of hydrogen-bond donors (Lipinski definition) is 0. The van der Waals surface area contributed by atoms with Gasteiger partial charge in [-0.3, -0.25) is 9.48 Å². The van der Waals surface area contributed by atoms with E-state index < -0.39 is 0 Å². The molecule has 0 spiro atoms. The number of carbonyl (C=O) groups excluding carboxylic acids is 1. The smallest absolute Gasteiger partial charge is 0.228 e. The molecule has 2 heterocycles. The first kappa shape index (κ1) is 15.7. The van der Waals surface area contributed by atoms with E-state index in [0.29, 0.717) is 24.6 Å². The molecule has 0 atom stereocenters. The fourth-order valence-electron chi connectivity index (χ4n) is 2.14. The Balaban J connectivity index is 1.58. The molecule has 1 aromatic carbocycles. The van der Waals surface area contributed by atoms with E-state index in [1.165, 1.54) is 6.33 Å². The second kappa shape index (κ2) is 7.36. The van der Waals surface area contributed by atoms with Gasteiger partial charge in [0.25, 0.3) is 0 Å². The van der Waals surface area contributed by atoms with Gasteiger partial charge in [-0.25, -0.2) is 9.97 Å². The average Bonchev–Trinajstić information content (AvgIpc) is 3.14. The van der Waals surface area contributed by atoms with Gasteiger partial charge >= 0.3 is 0 Å². The van der Waals surface area contributed by atoms with Gasteiger partial charge in [-0.2, -0.15) is 5.10 Å². The molecule has 24 heavy (non-hydrogen) atoms. The number of ether oxygens (including phenoxy) is 1. The number of nitrogens with zero attached hydrogens (tertiary/aromatic N) is 5. The Morgan fingerprint density at radius 2 is 2.04 bits per heavy atom. The molecule has 0 N–H and O–H groups in total. The van der Waals surface area contributed by atoms with Crippen molar-refractivity contribution in [3.63, 3.8) is 0 Å². The van der Waals surface area contributed by atoms with Crippen LogP contribution < -0.4 is 9.64 Å². The van der Waals surface area contributed by atoms with Crippen molar-refractivity contribution in [2.24, 2.45) is 0 Å². The summed E-state index contributed by atoms with van der Waals surface area (Å²) in [5, 5.41) is 3.98. The highest BCUT2D eigenvalue weighted by Crippen LogP contribution is 2.23. The van der Waals surface area contributed by atoms with Gasteiger partial charge in [-0.05, 0) is 30.3 Å². The Morgan fingerprint density at radius 1 is 1.21 bits per heavy atom. The molecule has 7 heteroatoms. The maximum atomic E-state index is 12.2. The zero-order valence-electron chi connectivity index (χ0n) is 13.2. The molecule has 122 valence electrons. The Hall–Kier alpha value is -3.22. The number of anilines is 1. The third-order valence-corrected chi connectivity index (χ3v) is 3.48. The van der Waals surface area contributed by atoms with Crippen LogP contribution in [0, 0.1) is 0 Å². The van der Waals surface area contributed by atoms with Crippen molar-refractivity contribution < 1.29 is 9.53 Å². The Bertz CT molecular complexity index is 773. The zero-order valence-corrected chi connectivity index (χ0v) is 13.2. The first-order valence-corrected chi connectivity index (χ1v) is 7.50. The van der Waals surface area contributed by atoms with Gasteiger partial charge in [0.05, 0.1) is 6.54 Å². The second-order valence-corrected chi connectivity index (χ2v) is 5.13. The molecule has 0 unspecified atom stereocenters. The SMILES string of the molecule is CN(C(=O)CCn1cncn1)c1ccc(Oc2ccccn2)cc1. The Morgan fingerprint density at radius 3 is 2.71 bits per heavy atom. The van der Waals surface area contributed by atoms with Crippen LogP contribution in [0.2, 0.25) is 0 Å². The number of aryl methyl sites for hydroxylation is 1. The zero-order chi connectivity index (χ0) is 16.8. The number of amides is 1. The van der Waals surface area contributed by atoms with Gasteiger partial charge in [0.1, 0.15) is 18.4 Å². The first-order chi connectivity index (χ1) is 11.7. The lowest BCUT2D eigenvalue weighted by atomic mass is 10.2. The van der Waals surface area contributed by atoms with Gasteiger partial charge < -0.3 is 9.64 Å². The van der Waals surface area contributed by atoms with Crippen LogP contribution in [0.15, 0.2) is 61.3 Å². The highest BCUT2D eigenvalue weighted by Gasteiger charge is 2.11. The summed E-state index contributed by atoms with van der Waals surface area (Å²) in [5.74, 6) is 1.20. The van der Waals surface area contributed by atoms with Crippen molar-refractivity contribution >= 4 is 11.6 Å². The molecule has 0 aliphatic rings. The fourth-order valence-corrected chi connectivity index (χ4v) is 2.14. The lowest BCUT2D eigenvalue weighted by Crippen LogP contribution is -2.27. The van der Waals surface area contributed by atoms with Gasteiger partial charge in [0.15, 0.2) is 0 Å². The molecule has 0 saturated heterocycles. The number of aromatic nitrogens is 4. The third-order valence-electron chi connectivity index (χ3n) is 3.48. The van der Waals surface area contributed by atoms with E-state index in [1.807, 2.05) is 36.4 Å². The maximum absolute atomic E-state index is 12.2. The van der Waals surface area contributed by atoms with Crippen LogP contribution in [0.25, 0.3) is 0 Å². The van der Waals surface area contributed by atoms with Gasteiger partial charge in [0.2, 0.25) is 11.8 Å². The molecule has 0 aliphatic carbocycles. The summed E-state index contributed by atoms with van der Waals surface area (Å²) in [6, 6.07) is 12.8. The topological polar surface area (TPSA) is 73.1 Å². The number of rotatable bonds is 6. The molecule has 0 fully saturated rings. The van der Waals surface area contributed by atoms with E-state index in [1.54, 1.807) is 35.2 Å². The Labute approximate surface area is 139 Å². The van der Waals surface area contributed by atoms with Crippen molar-refractivity contribution in [3.05, 3.63) is 61.3 Å². The molecule has 0 saturated carbocycles. The second-order valence-electron chi connectivity index (χ2n) is 5.13. The molecule has 0 radical (unpaired) electrons. The van der Waals surface area contributed by atoms with Crippen LogP contribution in [-0.2, 0) is 11.3 Å². The molecule has 0 aliphatic heterocycles. The molecular weight excluding hydrogens is 306 g/mol. The van der Waals surface area contributed by atoms with Gasteiger partial charge in [-0.15, -0.1) is 0 Å². The highest BCUT2D eigenvalue weighted by molar-refractivity contribution is 5.92. The largest absolute Gasteiger partial charge is 0.439 e. The third kappa shape index (κ3) is 3.95. The highest BCUT2D eigenvalue weighted by atomic mass is 16.5. The van der Waals surface area contributed by atoms with E-state index in [0.717, 1.165) is 5.69 Å². The monoisotopic (exact) mass is 323 g/mol. The average molecular weight is 323 g/mol. The summed E-state index contributed by atoms with van der Waals surface area (Å²) in [6.45, 7) is 0.504. The van der Waals surface area contributed by atoms with Crippen LogP contribution >= 0.6 is 0 Å². The minimum atomic E-state index is 0.00361. The van der Waals surface area contributed by atoms with E-state index in [4.69, 9.17) is 4.74 Å². The number of carbonyl (C=O) groups is 1. The molecule has 3 aromatic rings. The molecule has 3 rings (SSSR count). The van der Waals surface area contributed by atoms with Gasteiger partial charge in [-0.1, -0.05) is 6.07 Å². The normalized spacial score (nSPS) is 10.4. The van der Waals surface area contributed by atoms with Crippen LogP contribution in [0.5, 0.6) is 11.6 Å². The number of benzene rings is 1. The lowest BCUT2D eigenvalue weighted by molar-refractivity contribution is -0.118. The standard InChI is InChI=1S/C17H17N5O2/c1-21(17(23)9-11-22-13-18-12-20-22)14-5-7-15(8-6-14)24-16-4-2-3-10-19-16/h2-8,10,12-13H,9,11H2,1H3. The minimum absolute atomic E-state index is 0.00361. The fraction of sp³-hybridized carbons (Fsp3) is 0.176. The molecule has 7 nitrogen and oxygen atoms in total. The summed E-state index contributed by atoms with van der Waals surface area (Å²) < 4.78 is 7.27. The number of hydrogen-bond acceptors (Lipinski definition) is 5. The molecule has 0 bridgehead atoms. The van der Waals surface area contributed by atoms with E-state index >= 15 is 0 Å². The summed E-state index contributed by atoms with van der Waals surface area (Å²) in [6.07, 6.45) is 5.07. The predicted octanol–water partition coefficient (Wildman–Crippen LogP) is 2.52. The predicted molar refractivity (Wildman–Crippen MR) is 88.8 cm³/mol. The van der Waals surface area contributed by atoms with Crippen LogP contribution in [0.3, 0.4) is 0 Å². The summed E-state index contributed by atoms with van der Waals surface area (Å²) >= 11 is 0. The molecule has 2 aromatic heterocycles. The quantitative estimate of drug-likeness (QED) is 0.697. The van der Waals surface area contributed by atoms with Crippen LogP contribution in [-0.4, -0.2) is 32.7 Å². The summed E-state index contributed by atoms with van der Waals surface area (Å²) in [4.78, 5) is 21.8. The number of pyridine rings is 1. The lowest BCUT2D eigenvalue weighted by Gasteiger charge is -2.17. The van der Waals surface area contributed by atoms with Crippen molar-refractivity contribution in [1.29, 1.82) is 0 Å². The molecular formula is C17H17N5O2. The van der Waals surface area contributed by atoms with E-state index in [-0.39, 0.29) is 5.91 Å². The maximum Gasteiger partial charge on any atom is 0.228 e. The van der Waals surface area contributed by atoms with Crippen LogP contribution in [0.1, 0.15) is 6.42 Å². The van der Waals surface area contributed by atoms with Crippen molar-refractivity contribution in [2.45, 2.75) is 13.0 Å². The van der Waals surface area contributed by atoms with E-state index in [9.17, 15) is 4.79 Å². The molecule has 1 amide bonds. The van der Waals surface area contributed by atoms with Crippen LogP contribution in [0.4, 0.5) is 5.69 Å². The first-order valence-electron chi connectivity index (χ1n) is 7.50. The Kier molecular flexibility index (Phi) is 4.81. The van der Waals surface area contributed by atoms with Crippen molar-refractivity contribution in [3.8, 4) is 11.6 Å². The summed E-state index contributed by atoms with van der Waals surface area (Å²) in [7, 11) is 1.75. The van der Waals surface area contributed by atoms with Crippen molar-refractivity contribution in [2.75, 3.05) is 11.9 Å².